The van der Waals surface area contributed by atoms with Crippen LogP contribution in [-0.2, 0) is 16.0 Å². The molecule has 0 saturated carbocycles. The van der Waals surface area contributed by atoms with Crippen LogP contribution in [0.3, 0.4) is 0 Å². The molecular weight excluding hydrogens is 320 g/mol. The fourth-order valence-electron chi connectivity index (χ4n) is 3.02. The van der Waals surface area contributed by atoms with Crippen molar-refractivity contribution in [2.75, 3.05) is 13.2 Å². The third-order valence-electron chi connectivity index (χ3n) is 4.14. The van der Waals surface area contributed by atoms with Crippen LogP contribution in [0.5, 0.6) is 0 Å². The maximum absolute atomic E-state index is 13.0. The molecule has 2 N–H and O–H groups in total. The normalized spacial score (nSPS) is 18.7. The van der Waals surface area contributed by atoms with E-state index in [1.165, 1.54) is 0 Å². The molecule has 0 unspecified atom stereocenters. The van der Waals surface area contributed by atoms with Gasteiger partial charge in [-0.2, -0.15) is 0 Å². The first kappa shape index (κ1) is 19.2. The summed E-state index contributed by atoms with van der Waals surface area (Å²) in [5, 5.41) is 12.2. The van der Waals surface area contributed by atoms with Crippen LogP contribution in [0.1, 0.15) is 39.2 Å². The van der Waals surface area contributed by atoms with Crippen LogP contribution in [0.2, 0.25) is 0 Å². The minimum absolute atomic E-state index is 0.0593. The molecule has 1 aromatic carbocycles. The molecule has 0 bridgehead atoms. The first-order chi connectivity index (χ1) is 11.8. The Morgan fingerprint density at radius 2 is 2.00 bits per heavy atom. The molecule has 6 heteroatoms. The van der Waals surface area contributed by atoms with Crippen LogP contribution in [0.4, 0.5) is 4.79 Å². The van der Waals surface area contributed by atoms with Crippen molar-refractivity contribution in [3.8, 4) is 0 Å². The maximum atomic E-state index is 13.0. The molecule has 1 saturated heterocycles. The second-order valence-corrected chi connectivity index (χ2v) is 7.40. The fourth-order valence-corrected chi connectivity index (χ4v) is 3.02. The second-order valence-electron chi connectivity index (χ2n) is 7.40. The molecule has 0 radical (unpaired) electrons. The van der Waals surface area contributed by atoms with E-state index in [2.05, 4.69) is 5.32 Å². The van der Waals surface area contributed by atoms with Gasteiger partial charge < -0.3 is 20.1 Å². The van der Waals surface area contributed by atoms with Crippen molar-refractivity contribution in [3.63, 3.8) is 0 Å². The van der Waals surface area contributed by atoms with Crippen molar-refractivity contribution >= 4 is 12.0 Å². The highest BCUT2D eigenvalue weighted by Gasteiger charge is 2.34. The Morgan fingerprint density at radius 3 is 2.60 bits per heavy atom. The highest BCUT2D eigenvalue weighted by Crippen LogP contribution is 2.19. The number of alkyl carbamates (subject to hydrolysis) is 1. The van der Waals surface area contributed by atoms with Gasteiger partial charge in [-0.05, 0) is 39.2 Å². The van der Waals surface area contributed by atoms with Crippen LogP contribution >= 0.6 is 0 Å². The molecule has 25 heavy (non-hydrogen) atoms. The van der Waals surface area contributed by atoms with E-state index in [-0.39, 0.29) is 18.6 Å². The number of hydrogen-bond donors (Lipinski definition) is 2. The lowest BCUT2D eigenvalue weighted by Crippen LogP contribution is -2.52. The molecule has 0 spiro atoms. The van der Waals surface area contributed by atoms with E-state index in [0.717, 1.165) is 18.4 Å². The van der Waals surface area contributed by atoms with Crippen LogP contribution < -0.4 is 5.32 Å². The van der Waals surface area contributed by atoms with Crippen molar-refractivity contribution in [2.45, 2.75) is 57.7 Å². The van der Waals surface area contributed by atoms with E-state index in [1.807, 2.05) is 30.3 Å². The summed E-state index contributed by atoms with van der Waals surface area (Å²) < 4.78 is 5.30. The van der Waals surface area contributed by atoms with E-state index < -0.39 is 17.7 Å². The van der Waals surface area contributed by atoms with E-state index in [9.17, 15) is 14.7 Å². The minimum Gasteiger partial charge on any atom is -0.444 e. The number of carbonyl (C=O) groups is 2. The summed E-state index contributed by atoms with van der Waals surface area (Å²) in [6.07, 6.45) is 1.42. The predicted molar refractivity (Wildman–Crippen MR) is 95.1 cm³/mol. The molecule has 6 nitrogen and oxygen atoms in total. The lowest BCUT2D eigenvalue weighted by atomic mass is 10.0. The fraction of sp³-hybridized carbons (Fsp3) is 0.579. The highest BCUT2D eigenvalue weighted by molar-refractivity contribution is 5.86. The molecule has 1 aromatic rings. The third-order valence-corrected chi connectivity index (χ3v) is 4.14. The van der Waals surface area contributed by atoms with Crippen molar-refractivity contribution in [1.29, 1.82) is 0 Å². The quantitative estimate of drug-likeness (QED) is 0.854. The monoisotopic (exact) mass is 348 g/mol. The molecule has 1 heterocycles. The van der Waals surface area contributed by atoms with Gasteiger partial charge >= 0.3 is 6.09 Å². The van der Waals surface area contributed by atoms with Crippen LogP contribution in [0.25, 0.3) is 0 Å². The van der Waals surface area contributed by atoms with Crippen molar-refractivity contribution in [3.05, 3.63) is 35.9 Å². The molecule has 1 aliphatic rings. The van der Waals surface area contributed by atoms with Crippen LogP contribution in [0, 0.1) is 0 Å². The number of nitrogens with one attached hydrogen (secondary N) is 1. The number of hydrogen-bond acceptors (Lipinski definition) is 4. The summed E-state index contributed by atoms with van der Waals surface area (Å²) in [5.41, 5.74) is 0.322. The van der Waals surface area contributed by atoms with E-state index in [4.69, 9.17) is 4.74 Å². The number of aliphatic hydroxyl groups excluding tert-OH is 1. The van der Waals surface area contributed by atoms with E-state index in [1.54, 1.807) is 25.7 Å². The van der Waals surface area contributed by atoms with E-state index in [0.29, 0.717) is 13.0 Å². The zero-order valence-corrected chi connectivity index (χ0v) is 15.2. The summed E-state index contributed by atoms with van der Waals surface area (Å²) in [5.74, 6) is -0.175. The molecular formula is C19H28N2O4. The number of carbonyl (C=O) groups excluding carboxylic acids is 2. The summed E-state index contributed by atoms with van der Waals surface area (Å²) in [4.78, 5) is 26.8. The smallest absolute Gasteiger partial charge is 0.408 e. The molecule has 1 fully saturated rings. The Kier molecular flexibility index (Phi) is 6.42. The number of benzene rings is 1. The van der Waals surface area contributed by atoms with Crippen LogP contribution in [-0.4, -0.2) is 52.8 Å². The molecule has 2 amide bonds. The molecule has 1 aliphatic heterocycles. The Morgan fingerprint density at radius 1 is 1.32 bits per heavy atom. The summed E-state index contributed by atoms with van der Waals surface area (Å²) in [6, 6.07) is 8.66. The standard InChI is InChI=1S/C19H28N2O4/c1-19(2,3)25-18(24)20-16(12-14-8-5-4-6-9-14)17(23)21-11-7-10-15(21)13-22/h4-6,8-9,15-16,22H,7,10-13H2,1-3H3,(H,20,24)/t15-,16+/m1/s1. The first-order valence-electron chi connectivity index (χ1n) is 8.75. The van der Waals surface area contributed by atoms with Gasteiger partial charge in [0.2, 0.25) is 5.91 Å². The molecule has 2 rings (SSSR count). The zero-order chi connectivity index (χ0) is 18.4. The molecule has 0 aliphatic carbocycles. The SMILES string of the molecule is CC(C)(C)OC(=O)N[C@@H](Cc1ccccc1)C(=O)N1CCC[C@@H]1CO. The summed E-state index contributed by atoms with van der Waals surface area (Å²) in [7, 11) is 0. The minimum atomic E-state index is -0.718. The van der Waals surface area contributed by atoms with Gasteiger partial charge in [-0.25, -0.2) is 4.79 Å². The number of likely N-dealkylation sites (tertiary alicyclic amines) is 1. The maximum Gasteiger partial charge on any atom is 0.408 e. The average molecular weight is 348 g/mol. The lowest BCUT2D eigenvalue weighted by Gasteiger charge is -2.29. The number of nitrogens with zero attached hydrogens (tertiary/aromatic N) is 1. The largest absolute Gasteiger partial charge is 0.444 e. The van der Waals surface area contributed by atoms with Gasteiger partial charge in [0.15, 0.2) is 0 Å². The highest BCUT2D eigenvalue weighted by atomic mass is 16.6. The number of aliphatic hydroxyl groups is 1. The van der Waals surface area contributed by atoms with Crippen molar-refractivity contribution < 1.29 is 19.4 Å². The molecule has 138 valence electrons. The lowest BCUT2D eigenvalue weighted by molar-refractivity contribution is -0.135. The number of rotatable bonds is 5. The Balaban J connectivity index is 2.13. The number of amides is 2. The van der Waals surface area contributed by atoms with Gasteiger partial charge in [-0.1, -0.05) is 30.3 Å². The summed E-state index contributed by atoms with van der Waals surface area (Å²) >= 11 is 0. The predicted octanol–water partition coefficient (Wildman–Crippen LogP) is 2.11. The first-order valence-corrected chi connectivity index (χ1v) is 8.75. The van der Waals surface area contributed by atoms with Gasteiger partial charge in [0.25, 0.3) is 0 Å². The van der Waals surface area contributed by atoms with Crippen molar-refractivity contribution in [2.24, 2.45) is 0 Å². The van der Waals surface area contributed by atoms with E-state index >= 15 is 0 Å². The van der Waals surface area contributed by atoms with Crippen LogP contribution in [0.15, 0.2) is 30.3 Å². The average Bonchev–Trinajstić information content (AvgIpc) is 3.01. The van der Waals surface area contributed by atoms with Gasteiger partial charge in [0, 0.05) is 13.0 Å². The van der Waals surface area contributed by atoms with Gasteiger partial charge in [-0.3, -0.25) is 4.79 Å². The summed E-state index contributed by atoms with van der Waals surface area (Å²) in [6.45, 7) is 5.89. The second kappa shape index (κ2) is 8.34. The van der Waals surface area contributed by atoms with Gasteiger partial charge in [0.1, 0.15) is 11.6 Å². The van der Waals surface area contributed by atoms with Gasteiger partial charge in [-0.15, -0.1) is 0 Å². The van der Waals surface area contributed by atoms with Crippen molar-refractivity contribution in [1.82, 2.24) is 10.2 Å². The Labute approximate surface area is 149 Å². The molecule has 2 atom stereocenters. The third kappa shape index (κ3) is 5.74. The Hall–Kier alpha value is -2.08. The number of ether oxygens (including phenoxy) is 1. The topological polar surface area (TPSA) is 78.9 Å². The Bertz CT molecular complexity index is 583. The zero-order valence-electron chi connectivity index (χ0n) is 15.2. The molecule has 0 aromatic heterocycles. The van der Waals surface area contributed by atoms with Gasteiger partial charge in [0.05, 0.1) is 12.6 Å².